The van der Waals surface area contributed by atoms with Crippen molar-refractivity contribution >= 4 is 28.6 Å². The number of ether oxygens (including phenoxy) is 1. The van der Waals surface area contributed by atoms with Crippen LogP contribution in [-0.2, 0) is 6.54 Å². The van der Waals surface area contributed by atoms with Gasteiger partial charge >= 0.3 is 6.09 Å². The Labute approximate surface area is 178 Å². The standard InChI is InChI=1S/C20H16F3N7O2/c1-26-20(31)32-16-17(24)27-19(28-18(16)25)14-11-6-10(21)7-13(23)15(11)30(29-14)8-9-4-2-3-5-12(9)22/h2-7H,8H2,1H3,(H,26,31)(H4,24,25,27,28). The van der Waals surface area contributed by atoms with Crippen LogP contribution in [0.2, 0.25) is 0 Å². The Balaban J connectivity index is 1.88. The van der Waals surface area contributed by atoms with Gasteiger partial charge in [-0.15, -0.1) is 0 Å². The van der Waals surface area contributed by atoms with Gasteiger partial charge in [0, 0.05) is 24.1 Å². The van der Waals surface area contributed by atoms with E-state index in [1.54, 1.807) is 6.07 Å². The second kappa shape index (κ2) is 8.06. The van der Waals surface area contributed by atoms with E-state index >= 15 is 0 Å². The summed E-state index contributed by atoms with van der Waals surface area (Å²) in [7, 11) is 1.33. The van der Waals surface area contributed by atoms with Gasteiger partial charge in [0.05, 0.1) is 6.54 Å². The van der Waals surface area contributed by atoms with E-state index in [1.165, 1.54) is 29.9 Å². The summed E-state index contributed by atoms with van der Waals surface area (Å²) in [5.41, 5.74) is 11.8. The number of anilines is 2. The number of nitrogens with zero attached hydrogens (tertiary/aromatic N) is 4. The van der Waals surface area contributed by atoms with Crippen LogP contribution in [0.1, 0.15) is 5.56 Å². The molecule has 2 aromatic carbocycles. The highest BCUT2D eigenvalue weighted by Gasteiger charge is 2.23. The van der Waals surface area contributed by atoms with Crippen LogP contribution in [0.5, 0.6) is 5.75 Å². The Morgan fingerprint density at radius 3 is 2.44 bits per heavy atom. The number of nitrogen functional groups attached to an aromatic ring is 2. The number of nitrogens with two attached hydrogens (primary N) is 2. The number of halogens is 3. The van der Waals surface area contributed by atoms with Gasteiger partial charge in [-0.25, -0.2) is 27.9 Å². The molecule has 4 rings (SSSR count). The predicted molar refractivity (Wildman–Crippen MR) is 110 cm³/mol. The first-order valence-electron chi connectivity index (χ1n) is 9.20. The molecule has 0 bridgehead atoms. The molecule has 1 amide bonds. The summed E-state index contributed by atoms with van der Waals surface area (Å²) in [6, 6.07) is 7.65. The van der Waals surface area contributed by atoms with E-state index in [2.05, 4.69) is 20.4 Å². The lowest BCUT2D eigenvalue weighted by Crippen LogP contribution is -2.23. The van der Waals surface area contributed by atoms with Crippen molar-refractivity contribution < 1.29 is 22.7 Å². The first-order valence-corrected chi connectivity index (χ1v) is 9.20. The molecule has 164 valence electrons. The zero-order valence-corrected chi connectivity index (χ0v) is 16.6. The van der Waals surface area contributed by atoms with E-state index in [-0.39, 0.29) is 51.9 Å². The van der Waals surface area contributed by atoms with Crippen molar-refractivity contribution in [3.8, 4) is 17.3 Å². The minimum absolute atomic E-state index is 0.0256. The van der Waals surface area contributed by atoms with E-state index in [4.69, 9.17) is 16.2 Å². The molecule has 32 heavy (non-hydrogen) atoms. The molecule has 0 aliphatic rings. The summed E-state index contributed by atoms with van der Waals surface area (Å²) >= 11 is 0. The molecule has 0 aliphatic heterocycles. The maximum absolute atomic E-state index is 14.7. The fraction of sp³-hybridized carbons (Fsp3) is 0.100. The number of aromatic nitrogens is 4. The molecule has 0 spiro atoms. The van der Waals surface area contributed by atoms with Gasteiger partial charge in [0.2, 0.25) is 5.75 Å². The molecule has 12 heteroatoms. The SMILES string of the molecule is CNC(=O)Oc1c(N)nc(-c2nn(Cc3ccccc3F)c3c(F)cc(F)cc23)nc1N. The van der Waals surface area contributed by atoms with Crippen molar-refractivity contribution in [3.05, 3.63) is 59.4 Å². The molecule has 0 aliphatic carbocycles. The van der Waals surface area contributed by atoms with Crippen molar-refractivity contribution in [2.24, 2.45) is 0 Å². The summed E-state index contributed by atoms with van der Waals surface area (Å²) in [5.74, 6) is -3.29. The lowest BCUT2D eigenvalue weighted by atomic mass is 10.1. The third kappa shape index (κ3) is 3.73. The minimum Gasteiger partial charge on any atom is -0.402 e. The largest absolute Gasteiger partial charge is 0.412 e. The minimum atomic E-state index is -0.907. The number of carbonyl (C=O) groups is 1. The van der Waals surface area contributed by atoms with E-state index < -0.39 is 23.5 Å². The molecule has 2 aromatic heterocycles. The Hall–Kier alpha value is -4.35. The van der Waals surface area contributed by atoms with Crippen LogP contribution >= 0.6 is 0 Å². The van der Waals surface area contributed by atoms with E-state index in [0.717, 1.165) is 6.07 Å². The van der Waals surface area contributed by atoms with Gasteiger partial charge in [-0.1, -0.05) is 18.2 Å². The zero-order chi connectivity index (χ0) is 23.0. The van der Waals surface area contributed by atoms with E-state index in [0.29, 0.717) is 6.07 Å². The average molecular weight is 443 g/mol. The number of amides is 1. The highest BCUT2D eigenvalue weighted by Crippen LogP contribution is 2.33. The highest BCUT2D eigenvalue weighted by molar-refractivity contribution is 5.93. The number of carbonyl (C=O) groups excluding carboxylic acids is 1. The van der Waals surface area contributed by atoms with Crippen molar-refractivity contribution in [2.75, 3.05) is 18.5 Å². The smallest absolute Gasteiger partial charge is 0.402 e. The Kier molecular flexibility index (Phi) is 5.26. The predicted octanol–water partition coefficient (Wildman–Crippen LogP) is 2.84. The molecule has 0 unspecified atom stereocenters. The quantitative estimate of drug-likeness (QED) is 0.442. The number of benzene rings is 2. The number of fused-ring (bicyclic) bond motifs is 1. The summed E-state index contributed by atoms with van der Waals surface area (Å²) in [6.45, 7) is -0.144. The molecule has 0 saturated heterocycles. The zero-order valence-electron chi connectivity index (χ0n) is 16.6. The lowest BCUT2D eigenvalue weighted by molar-refractivity contribution is 0.203. The first kappa shape index (κ1) is 20.9. The van der Waals surface area contributed by atoms with Gasteiger partial charge in [-0.05, 0) is 12.1 Å². The van der Waals surface area contributed by atoms with Gasteiger partial charge in [0.1, 0.15) is 22.8 Å². The molecule has 2 heterocycles. The van der Waals surface area contributed by atoms with E-state index in [1.807, 2.05) is 0 Å². The fourth-order valence-electron chi connectivity index (χ4n) is 3.14. The summed E-state index contributed by atoms with van der Waals surface area (Å²) in [6.07, 6.45) is -0.844. The average Bonchev–Trinajstić information content (AvgIpc) is 3.10. The molecule has 0 atom stereocenters. The maximum Gasteiger partial charge on any atom is 0.412 e. The van der Waals surface area contributed by atoms with Crippen LogP contribution in [0.3, 0.4) is 0 Å². The summed E-state index contributed by atoms with van der Waals surface area (Å²) in [4.78, 5) is 19.5. The Morgan fingerprint density at radius 2 is 1.78 bits per heavy atom. The van der Waals surface area contributed by atoms with Crippen molar-refractivity contribution in [3.63, 3.8) is 0 Å². The Morgan fingerprint density at radius 1 is 1.09 bits per heavy atom. The van der Waals surface area contributed by atoms with Gasteiger partial charge in [0.15, 0.2) is 23.3 Å². The van der Waals surface area contributed by atoms with Crippen molar-refractivity contribution in [2.45, 2.75) is 6.54 Å². The second-order valence-electron chi connectivity index (χ2n) is 6.67. The Bertz CT molecular complexity index is 1330. The topological polar surface area (TPSA) is 134 Å². The number of nitrogens with one attached hydrogen (secondary N) is 1. The molecule has 4 aromatic rings. The second-order valence-corrected chi connectivity index (χ2v) is 6.67. The van der Waals surface area contributed by atoms with Crippen LogP contribution in [0, 0.1) is 17.5 Å². The maximum atomic E-state index is 14.7. The normalized spacial score (nSPS) is 11.0. The molecule has 0 saturated carbocycles. The molecule has 0 radical (unpaired) electrons. The fourth-order valence-corrected chi connectivity index (χ4v) is 3.14. The monoisotopic (exact) mass is 443 g/mol. The van der Waals surface area contributed by atoms with Crippen LogP contribution in [0.4, 0.5) is 29.6 Å². The van der Waals surface area contributed by atoms with Crippen molar-refractivity contribution in [1.82, 2.24) is 25.1 Å². The van der Waals surface area contributed by atoms with Crippen molar-refractivity contribution in [1.29, 1.82) is 0 Å². The molecule has 0 fully saturated rings. The molecule has 9 nitrogen and oxygen atoms in total. The molecular formula is C20H16F3N7O2. The van der Waals surface area contributed by atoms with Gasteiger partial charge in [0.25, 0.3) is 0 Å². The summed E-state index contributed by atoms with van der Waals surface area (Å²) in [5, 5.41) is 6.52. The van der Waals surface area contributed by atoms with Crippen LogP contribution in [-0.4, -0.2) is 32.9 Å². The number of rotatable bonds is 4. The lowest BCUT2D eigenvalue weighted by Gasteiger charge is -2.09. The van der Waals surface area contributed by atoms with Crippen LogP contribution in [0.15, 0.2) is 36.4 Å². The van der Waals surface area contributed by atoms with E-state index in [9.17, 15) is 18.0 Å². The van der Waals surface area contributed by atoms with Gasteiger partial charge in [-0.2, -0.15) is 5.10 Å². The van der Waals surface area contributed by atoms with Crippen LogP contribution in [0.25, 0.3) is 22.4 Å². The van der Waals surface area contributed by atoms with Crippen LogP contribution < -0.4 is 21.5 Å². The number of hydrogen-bond donors (Lipinski definition) is 3. The molecular weight excluding hydrogens is 427 g/mol. The third-order valence-electron chi connectivity index (χ3n) is 4.57. The first-order chi connectivity index (χ1) is 15.3. The summed E-state index contributed by atoms with van der Waals surface area (Å²) < 4.78 is 49.0. The highest BCUT2D eigenvalue weighted by atomic mass is 19.1. The van der Waals surface area contributed by atoms with Gasteiger partial charge in [-0.3, -0.25) is 4.68 Å². The third-order valence-corrected chi connectivity index (χ3v) is 4.57. The molecule has 5 N–H and O–H groups in total. The van der Waals surface area contributed by atoms with Gasteiger partial charge < -0.3 is 21.5 Å². The number of hydrogen-bond acceptors (Lipinski definition) is 7.